The Balaban J connectivity index is 2.84. The Hall–Kier alpha value is -0.920. The van der Waals surface area contributed by atoms with E-state index in [1.165, 1.54) is 18.2 Å². The highest BCUT2D eigenvalue weighted by molar-refractivity contribution is 7.85. The number of nitrogens with zero attached hydrogens (tertiary/aromatic N) is 1. The van der Waals surface area contributed by atoms with E-state index in [1.54, 1.807) is 6.92 Å². The smallest absolute Gasteiger partial charge is 0.141 e. The number of rotatable bonds is 3. The standard InChI is InChI=1S/C10H9ClFNOS/c1-7(5-13)6-15(14)8-2-3-10(12)9(11)4-8/h2-4,7H,6H2,1H3. The Kier molecular flexibility index (Phi) is 4.25. The lowest BCUT2D eigenvalue weighted by Crippen LogP contribution is -2.06. The maximum Gasteiger partial charge on any atom is 0.141 e. The summed E-state index contributed by atoms with van der Waals surface area (Å²) in [5.74, 6) is -0.598. The zero-order chi connectivity index (χ0) is 11.4. The molecule has 0 saturated heterocycles. The highest BCUT2D eigenvalue weighted by Gasteiger charge is 2.10. The van der Waals surface area contributed by atoms with Crippen molar-refractivity contribution in [3.63, 3.8) is 0 Å². The first-order valence-electron chi connectivity index (χ1n) is 4.27. The van der Waals surface area contributed by atoms with E-state index in [0.717, 1.165) is 0 Å². The predicted molar refractivity (Wildman–Crippen MR) is 57.5 cm³/mol. The summed E-state index contributed by atoms with van der Waals surface area (Å²) in [5.41, 5.74) is 0. The van der Waals surface area contributed by atoms with Crippen LogP contribution in [0.2, 0.25) is 5.02 Å². The second kappa shape index (κ2) is 5.24. The molecule has 0 fully saturated rings. The van der Waals surface area contributed by atoms with Gasteiger partial charge >= 0.3 is 0 Å². The highest BCUT2D eigenvalue weighted by atomic mass is 35.5. The number of halogens is 2. The first-order valence-corrected chi connectivity index (χ1v) is 5.97. The van der Waals surface area contributed by atoms with Crippen LogP contribution in [0.1, 0.15) is 6.92 Å². The molecular formula is C10H9ClFNOS. The fourth-order valence-corrected chi connectivity index (χ4v) is 2.41. The molecule has 0 aliphatic heterocycles. The average Bonchev–Trinajstić information content (AvgIpc) is 2.21. The van der Waals surface area contributed by atoms with Crippen LogP contribution < -0.4 is 0 Å². The van der Waals surface area contributed by atoms with Gasteiger partial charge in [0.2, 0.25) is 0 Å². The molecule has 0 spiro atoms. The third-order valence-electron chi connectivity index (χ3n) is 1.78. The number of hydrogen-bond acceptors (Lipinski definition) is 2. The topological polar surface area (TPSA) is 40.9 Å². The Bertz CT molecular complexity index is 430. The first-order chi connectivity index (χ1) is 7.04. The molecule has 5 heteroatoms. The molecule has 0 heterocycles. The van der Waals surface area contributed by atoms with E-state index in [0.29, 0.717) is 4.90 Å². The summed E-state index contributed by atoms with van der Waals surface area (Å²) in [6, 6.07) is 5.91. The van der Waals surface area contributed by atoms with Gasteiger partial charge in [0.1, 0.15) is 5.82 Å². The monoisotopic (exact) mass is 245 g/mol. The molecule has 0 saturated carbocycles. The summed E-state index contributed by atoms with van der Waals surface area (Å²) < 4.78 is 24.5. The molecule has 0 aliphatic rings. The number of nitriles is 1. The molecule has 0 aliphatic carbocycles. The van der Waals surface area contributed by atoms with Crippen LogP contribution in [0.3, 0.4) is 0 Å². The molecule has 2 nitrogen and oxygen atoms in total. The lowest BCUT2D eigenvalue weighted by molar-refractivity contribution is 0.626. The van der Waals surface area contributed by atoms with E-state index in [1.807, 2.05) is 6.07 Å². The quantitative estimate of drug-likeness (QED) is 0.822. The fourth-order valence-electron chi connectivity index (χ4n) is 0.979. The van der Waals surface area contributed by atoms with Crippen LogP contribution in [0, 0.1) is 23.1 Å². The van der Waals surface area contributed by atoms with Crippen molar-refractivity contribution in [3.05, 3.63) is 29.0 Å². The van der Waals surface area contributed by atoms with Crippen molar-refractivity contribution in [1.29, 1.82) is 5.26 Å². The predicted octanol–water partition coefficient (Wildman–Crippen LogP) is 2.75. The molecule has 1 aromatic carbocycles. The number of benzene rings is 1. The van der Waals surface area contributed by atoms with Gasteiger partial charge in [-0.25, -0.2) is 4.39 Å². The van der Waals surface area contributed by atoms with Gasteiger partial charge in [-0.2, -0.15) is 5.26 Å². The second-order valence-electron chi connectivity index (χ2n) is 3.12. The van der Waals surface area contributed by atoms with Crippen molar-refractivity contribution in [2.45, 2.75) is 11.8 Å². The van der Waals surface area contributed by atoms with E-state index in [-0.39, 0.29) is 16.7 Å². The molecule has 0 bridgehead atoms. The van der Waals surface area contributed by atoms with Crippen molar-refractivity contribution in [2.75, 3.05) is 5.75 Å². The molecule has 0 aromatic heterocycles. The molecule has 1 rings (SSSR count). The minimum Gasteiger partial charge on any atom is -0.254 e. The first kappa shape index (κ1) is 12.2. The molecule has 2 unspecified atom stereocenters. The highest BCUT2D eigenvalue weighted by Crippen LogP contribution is 2.19. The molecular weight excluding hydrogens is 237 g/mol. The summed E-state index contributed by atoms with van der Waals surface area (Å²) >= 11 is 5.55. The van der Waals surface area contributed by atoms with E-state index >= 15 is 0 Å². The van der Waals surface area contributed by atoms with Gasteiger partial charge in [0, 0.05) is 10.6 Å². The van der Waals surface area contributed by atoms with Gasteiger partial charge in [0.15, 0.2) is 0 Å². The van der Waals surface area contributed by atoms with Crippen LogP contribution >= 0.6 is 11.6 Å². The van der Waals surface area contributed by atoms with Crippen LogP contribution in [0.5, 0.6) is 0 Å². The van der Waals surface area contributed by atoms with Crippen LogP contribution in [0.4, 0.5) is 4.39 Å². The summed E-state index contributed by atoms with van der Waals surface area (Å²) in [6.45, 7) is 1.68. The summed E-state index contributed by atoms with van der Waals surface area (Å²) in [5, 5.41) is 8.51. The van der Waals surface area contributed by atoms with E-state index in [4.69, 9.17) is 16.9 Å². The molecule has 15 heavy (non-hydrogen) atoms. The Labute approximate surface area is 95.1 Å². The molecule has 0 N–H and O–H groups in total. The van der Waals surface area contributed by atoms with Crippen molar-refractivity contribution < 1.29 is 8.60 Å². The zero-order valence-electron chi connectivity index (χ0n) is 8.04. The third-order valence-corrected chi connectivity index (χ3v) is 3.65. The van der Waals surface area contributed by atoms with Crippen molar-refractivity contribution in [1.82, 2.24) is 0 Å². The molecule has 0 radical (unpaired) electrons. The zero-order valence-corrected chi connectivity index (χ0v) is 9.61. The lowest BCUT2D eigenvalue weighted by Gasteiger charge is -2.04. The van der Waals surface area contributed by atoms with Crippen LogP contribution in [-0.2, 0) is 10.8 Å². The van der Waals surface area contributed by atoms with Gasteiger partial charge in [-0.05, 0) is 25.1 Å². The SMILES string of the molecule is CC(C#N)CS(=O)c1ccc(F)c(Cl)c1. The van der Waals surface area contributed by atoms with E-state index < -0.39 is 16.6 Å². The fraction of sp³-hybridized carbons (Fsp3) is 0.300. The van der Waals surface area contributed by atoms with Crippen molar-refractivity contribution in [2.24, 2.45) is 5.92 Å². The van der Waals surface area contributed by atoms with Crippen molar-refractivity contribution >= 4 is 22.4 Å². The Morgan fingerprint density at radius 2 is 2.33 bits per heavy atom. The minimum absolute atomic E-state index is 0.0505. The summed E-state index contributed by atoms with van der Waals surface area (Å²) in [6.07, 6.45) is 0. The largest absolute Gasteiger partial charge is 0.254 e. The summed E-state index contributed by atoms with van der Waals surface area (Å²) in [7, 11) is -1.31. The normalized spacial score (nSPS) is 14.3. The average molecular weight is 246 g/mol. The summed E-state index contributed by atoms with van der Waals surface area (Å²) in [4.78, 5) is 0.448. The van der Waals surface area contributed by atoms with Gasteiger partial charge < -0.3 is 0 Å². The van der Waals surface area contributed by atoms with Crippen LogP contribution in [0.15, 0.2) is 23.1 Å². The Morgan fingerprint density at radius 1 is 1.67 bits per heavy atom. The van der Waals surface area contributed by atoms with E-state index in [2.05, 4.69) is 0 Å². The maximum absolute atomic E-state index is 12.8. The molecule has 2 atom stereocenters. The van der Waals surface area contributed by atoms with Crippen LogP contribution in [0.25, 0.3) is 0 Å². The van der Waals surface area contributed by atoms with Crippen LogP contribution in [-0.4, -0.2) is 9.96 Å². The molecule has 80 valence electrons. The van der Waals surface area contributed by atoms with Gasteiger partial charge in [-0.3, -0.25) is 4.21 Å². The van der Waals surface area contributed by atoms with E-state index in [9.17, 15) is 8.60 Å². The molecule has 1 aromatic rings. The maximum atomic E-state index is 12.8. The number of hydrogen-bond donors (Lipinski definition) is 0. The van der Waals surface area contributed by atoms with Gasteiger partial charge in [0.25, 0.3) is 0 Å². The Morgan fingerprint density at radius 3 is 2.87 bits per heavy atom. The van der Waals surface area contributed by atoms with Gasteiger partial charge in [-0.15, -0.1) is 0 Å². The van der Waals surface area contributed by atoms with Gasteiger partial charge in [-0.1, -0.05) is 11.6 Å². The van der Waals surface area contributed by atoms with Crippen molar-refractivity contribution in [3.8, 4) is 6.07 Å². The lowest BCUT2D eigenvalue weighted by atomic mass is 10.3. The second-order valence-corrected chi connectivity index (χ2v) is 5.02. The van der Waals surface area contributed by atoms with Gasteiger partial charge in [0.05, 0.1) is 27.8 Å². The third kappa shape index (κ3) is 3.29. The minimum atomic E-state index is -1.31. The molecule has 0 amide bonds.